The van der Waals surface area contributed by atoms with Crippen LogP contribution in [0.1, 0.15) is 58.2 Å². The fourth-order valence-electron chi connectivity index (χ4n) is 3.81. The van der Waals surface area contributed by atoms with Crippen LogP contribution >= 0.6 is 0 Å². The molecule has 1 heterocycles. The van der Waals surface area contributed by atoms with Crippen molar-refractivity contribution in [3.8, 4) is 0 Å². The van der Waals surface area contributed by atoms with E-state index in [0.29, 0.717) is 0 Å². The Morgan fingerprint density at radius 3 is 2.26 bits per heavy atom. The standard InChI is InChI=1S/C21H25F3N2O/c1-19(2,3)16-11-14(10-13-8-6-7-9-15(13)16)18(21(22,23)24)26-20(4,5)12-17(27)25-26/h6-11,18H,12H2,1-5H3,(H,25,27)/t18-/m0/s1. The van der Waals surface area contributed by atoms with E-state index < -0.39 is 23.7 Å². The van der Waals surface area contributed by atoms with Crippen LogP contribution in [0.4, 0.5) is 13.2 Å². The monoisotopic (exact) mass is 378 g/mol. The van der Waals surface area contributed by atoms with Crippen LogP contribution < -0.4 is 5.43 Å². The second-order valence-electron chi connectivity index (χ2n) is 8.88. The quantitative estimate of drug-likeness (QED) is 0.773. The molecule has 3 rings (SSSR count). The molecule has 1 aliphatic heterocycles. The smallest absolute Gasteiger partial charge is 0.287 e. The Morgan fingerprint density at radius 1 is 1.11 bits per heavy atom. The maximum atomic E-state index is 14.2. The number of hydrazine groups is 1. The lowest BCUT2D eigenvalue weighted by Gasteiger charge is -2.38. The molecule has 1 fully saturated rings. The van der Waals surface area contributed by atoms with Crippen molar-refractivity contribution in [2.75, 3.05) is 0 Å². The Kier molecular flexibility index (Phi) is 4.54. The van der Waals surface area contributed by atoms with Gasteiger partial charge in [0.2, 0.25) is 5.91 Å². The second kappa shape index (κ2) is 6.23. The van der Waals surface area contributed by atoms with Crippen molar-refractivity contribution in [3.05, 3.63) is 47.5 Å². The van der Waals surface area contributed by atoms with E-state index in [1.54, 1.807) is 26.0 Å². The molecule has 2 aromatic carbocycles. The molecule has 1 saturated heterocycles. The van der Waals surface area contributed by atoms with Gasteiger partial charge >= 0.3 is 6.18 Å². The lowest BCUT2D eigenvalue weighted by atomic mass is 9.81. The molecule has 0 bridgehead atoms. The number of alkyl halides is 3. The molecule has 0 aliphatic carbocycles. The maximum absolute atomic E-state index is 14.2. The first-order valence-electron chi connectivity index (χ1n) is 8.99. The van der Waals surface area contributed by atoms with E-state index in [4.69, 9.17) is 0 Å². The second-order valence-corrected chi connectivity index (χ2v) is 8.88. The number of rotatable bonds is 2. The first-order valence-corrected chi connectivity index (χ1v) is 8.99. The highest BCUT2D eigenvalue weighted by atomic mass is 19.4. The normalized spacial score (nSPS) is 19.3. The number of amides is 1. The summed E-state index contributed by atoms with van der Waals surface area (Å²) < 4.78 is 42.5. The summed E-state index contributed by atoms with van der Waals surface area (Å²) in [7, 11) is 0. The van der Waals surface area contributed by atoms with Gasteiger partial charge in [0.15, 0.2) is 6.04 Å². The third kappa shape index (κ3) is 3.68. The highest BCUT2D eigenvalue weighted by molar-refractivity contribution is 5.87. The van der Waals surface area contributed by atoms with Gasteiger partial charge in [0.1, 0.15) is 0 Å². The number of nitrogens with zero attached hydrogens (tertiary/aromatic N) is 1. The number of carbonyl (C=O) groups is 1. The minimum Gasteiger partial charge on any atom is -0.287 e. The maximum Gasteiger partial charge on any atom is 0.409 e. The van der Waals surface area contributed by atoms with Crippen molar-refractivity contribution in [1.82, 2.24) is 10.4 Å². The van der Waals surface area contributed by atoms with Crippen molar-refractivity contribution in [2.45, 2.75) is 64.2 Å². The average molecular weight is 378 g/mol. The summed E-state index contributed by atoms with van der Waals surface area (Å²) in [6.07, 6.45) is -4.51. The Labute approximate surface area is 157 Å². The topological polar surface area (TPSA) is 32.3 Å². The van der Waals surface area contributed by atoms with Gasteiger partial charge in [-0.2, -0.15) is 18.2 Å². The van der Waals surface area contributed by atoms with Gasteiger partial charge in [-0.15, -0.1) is 0 Å². The number of hydrogen-bond donors (Lipinski definition) is 1. The number of benzene rings is 2. The van der Waals surface area contributed by atoms with E-state index >= 15 is 0 Å². The van der Waals surface area contributed by atoms with Crippen molar-refractivity contribution in [1.29, 1.82) is 0 Å². The molecular formula is C21H25F3N2O. The van der Waals surface area contributed by atoms with Crippen LogP contribution in [0.5, 0.6) is 0 Å². The number of fused-ring (bicyclic) bond motifs is 1. The molecule has 0 unspecified atom stereocenters. The molecule has 1 N–H and O–H groups in total. The van der Waals surface area contributed by atoms with Gasteiger partial charge in [0, 0.05) is 12.0 Å². The van der Waals surface area contributed by atoms with E-state index in [-0.39, 0.29) is 17.4 Å². The lowest BCUT2D eigenvalue weighted by Crippen LogP contribution is -2.51. The molecule has 1 atom stereocenters. The molecule has 6 heteroatoms. The average Bonchev–Trinajstić information content (AvgIpc) is 2.76. The zero-order valence-electron chi connectivity index (χ0n) is 16.2. The van der Waals surface area contributed by atoms with Crippen LogP contribution in [-0.2, 0) is 10.2 Å². The van der Waals surface area contributed by atoms with Crippen molar-refractivity contribution >= 4 is 16.7 Å². The molecule has 0 spiro atoms. The number of hydrogen-bond acceptors (Lipinski definition) is 2. The van der Waals surface area contributed by atoms with Crippen molar-refractivity contribution < 1.29 is 18.0 Å². The van der Waals surface area contributed by atoms with Gasteiger partial charge in [0.05, 0.1) is 0 Å². The zero-order chi connectivity index (χ0) is 20.2. The van der Waals surface area contributed by atoms with Crippen LogP contribution in [0, 0.1) is 0 Å². The van der Waals surface area contributed by atoms with Crippen molar-refractivity contribution in [3.63, 3.8) is 0 Å². The van der Waals surface area contributed by atoms with Gasteiger partial charge in [0.25, 0.3) is 0 Å². The summed E-state index contributed by atoms with van der Waals surface area (Å²) in [5.41, 5.74) is 2.16. The molecular weight excluding hydrogens is 353 g/mol. The zero-order valence-corrected chi connectivity index (χ0v) is 16.2. The molecule has 3 nitrogen and oxygen atoms in total. The van der Waals surface area contributed by atoms with Crippen LogP contribution in [-0.4, -0.2) is 22.6 Å². The number of carbonyl (C=O) groups excluding carboxylic acids is 1. The van der Waals surface area contributed by atoms with E-state index in [1.807, 2.05) is 45.0 Å². The molecule has 2 aromatic rings. The first-order chi connectivity index (χ1) is 12.3. The fraction of sp³-hybridized carbons (Fsp3) is 0.476. The van der Waals surface area contributed by atoms with Crippen LogP contribution in [0.15, 0.2) is 36.4 Å². The predicted molar refractivity (Wildman–Crippen MR) is 100 cm³/mol. The van der Waals surface area contributed by atoms with Gasteiger partial charge in [-0.1, -0.05) is 51.1 Å². The first kappa shape index (κ1) is 19.7. The van der Waals surface area contributed by atoms with E-state index in [0.717, 1.165) is 21.3 Å². The summed E-state index contributed by atoms with van der Waals surface area (Å²) in [4.78, 5) is 11.9. The van der Waals surface area contributed by atoms with E-state index in [2.05, 4.69) is 5.43 Å². The minimum atomic E-state index is -4.54. The molecule has 0 saturated carbocycles. The summed E-state index contributed by atoms with van der Waals surface area (Å²) >= 11 is 0. The molecule has 0 radical (unpaired) electrons. The van der Waals surface area contributed by atoms with Gasteiger partial charge in [-0.3, -0.25) is 10.2 Å². The minimum absolute atomic E-state index is 0.0271. The highest BCUT2D eigenvalue weighted by Crippen LogP contribution is 2.44. The largest absolute Gasteiger partial charge is 0.409 e. The number of halogens is 3. The Morgan fingerprint density at radius 2 is 1.74 bits per heavy atom. The summed E-state index contributed by atoms with van der Waals surface area (Å²) in [5, 5.41) is 2.77. The Balaban J connectivity index is 2.25. The lowest BCUT2D eigenvalue weighted by molar-refractivity contribution is -0.203. The SMILES string of the molecule is CC(C)(C)c1cc([C@H](N2NC(=O)CC2(C)C)C(F)(F)F)cc2ccccc12. The van der Waals surface area contributed by atoms with Gasteiger partial charge in [-0.05, 0) is 47.2 Å². The predicted octanol–water partition coefficient (Wildman–Crippen LogP) is 5.26. The van der Waals surface area contributed by atoms with E-state index in [1.165, 1.54) is 0 Å². The Hall–Kier alpha value is -2.08. The Bertz CT molecular complexity index is 881. The van der Waals surface area contributed by atoms with Crippen LogP contribution in [0.25, 0.3) is 10.8 Å². The highest BCUT2D eigenvalue weighted by Gasteiger charge is 2.53. The van der Waals surface area contributed by atoms with Crippen LogP contribution in [0.2, 0.25) is 0 Å². The molecule has 1 aliphatic rings. The third-order valence-corrected chi connectivity index (χ3v) is 5.07. The van der Waals surface area contributed by atoms with E-state index in [9.17, 15) is 18.0 Å². The molecule has 146 valence electrons. The summed E-state index contributed by atoms with van der Waals surface area (Å²) in [6.45, 7) is 9.26. The fourth-order valence-corrected chi connectivity index (χ4v) is 3.81. The summed E-state index contributed by atoms with van der Waals surface area (Å²) in [6, 6.07) is 8.79. The number of nitrogens with one attached hydrogen (secondary N) is 1. The molecule has 0 aromatic heterocycles. The van der Waals surface area contributed by atoms with Crippen LogP contribution in [0.3, 0.4) is 0 Å². The summed E-state index contributed by atoms with van der Waals surface area (Å²) in [5.74, 6) is -0.397. The third-order valence-electron chi connectivity index (χ3n) is 5.07. The van der Waals surface area contributed by atoms with Gasteiger partial charge in [-0.25, -0.2) is 0 Å². The molecule has 1 amide bonds. The van der Waals surface area contributed by atoms with Gasteiger partial charge < -0.3 is 0 Å². The molecule has 27 heavy (non-hydrogen) atoms. The van der Waals surface area contributed by atoms with Crippen molar-refractivity contribution in [2.24, 2.45) is 0 Å².